The molecule has 1 unspecified atom stereocenters. The van der Waals surface area contributed by atoms with Crippen molar-refractivity contribution in [2.45, 2.75) is 31.6 Å². The van der Waals surface area contributed by atoms with Gasteiger partial charge >= 0.3 is 0 Å². The van der Waals surface area contributed by atoms with E-state index in [-0.39, 0.29) is 0 Å². The lowest BCUT2D eigenvalue weighted by Gasteiger charge is -2.31. The van der Waals surface area contributed by atoms with Crippen LogP contribution in [0.3, 0.4) is 0 Å². The number of aromatic nitrogens is 2. The molecule has 0 saturated carbocycles. The highest BCUT2D eigenvalue weighted by Gasteiger charge is 2.20. The van der Waals surface area contributed by atoms with Gasteiger partial charge in [-0.3, -0.25) is 0 Å². The summed E-state index contributed by atoms with van der Waals surface area (Å²) >= 11 is 0. The quantitative estimate of drug-likeness (QED) is 0.778. The molecule has 0 spiro atoms. The van der Waals surface area contributed by atoms with E-state index in [1.165, 1.54) is 24.1 Å². The maximum atomic E-state index is 5.89. The number of nitrogens with zero attached hydrogens (tertiary/aromatic N) is 3. The second-order valence-corrected chi connectivity index (χ2v) is 7.10. The molecule has 3 heterocycles. The number of ether oxygens (including phenoxy) is 1. The van der Waals surface area contributed by atoms with Gasteiger partial charge in [-0.1, -0.05) is 18.2 Å². The van der Waals surface area contributed by atoms with Crippen LogP contribution < -0.4 is 16.0 Å². The van der Waals surface area contributed by atoms with Crippen LogP contribution in [0, 0.1) is 0 Å². The Labute approximate surface area is 154 Å². The topological polar surface area (TPSA) is 76.3 Å². The van der Waals surface area contributed by atoms with Crippen LogP contribution in [-0.4, -0.2) is 42.8 Å². The molecule has 1 atom stereocenters. The first-order chi connectivity index (χ1) is 12.8. The molecule has 1 aromatic heterocycles. The highest BCUT2D eigenvalue weighted by molar-refractivity contribution is 5.55. The number of nitrogens with two attached hydrogens (primary N) is 1. The van der Waals surface area contributed by atoms with Gasteiger partial charge in [-0.15, -0.1) is 0 Å². The highest BCUT2D eigenvalue weighted by atomic mass is 16.5. The van der Waals surface area contributed by atoms with E-state index in [0.29, 0.717) is 11.9 Å². The lowest BCUT2D eigenvalue weighted by atomic mass is 10.0. The summed E-state index contributed by atoms with van der Waals surface area (Å²) in [4.78, 5) is 11.2. The molecule has 2 aromatic rings. The first kappa shape index (κ1) is 17.1. The third kappa shape index (κ3) is 3.90. The summed E-state index contributed by atoms with van der Waals surface area (Å²) in [6, 6.07) is 10.8. The third-order valence-corrected chi connectivity index (χ3v) is 5.23. The van der Waals surface area contributed by atoms with Gasteiger partial charge in [-0.2, -0.15) is 4.98 Å². The molecule has 1 fully saturated rings. The van der Waals surface area contributed by atoms with E-state index >= 15 is 0 Å². The fourth-order valence-electron chi connectivity index (χ4n) is 3.88. The van der Waals surface area contributed by atoms with Crippen LogP contribution in [0.5, 0.6) is 0 Å². The molecule has 138 valence electrons. The van der Waals surface area contributed by atoms with E-state index < -0.39 is 0 Å². The van der Waals surface area contributed by atoms with Gasteiger partial charge in [0.2, 0.25) is 5.95 Å². The highest BCUT2D eigenvalue weighted by Crippen LogP contribution is 2.27. The number of benzene rings is 1. The second-order valence-electron chi connectivity index (χ2n) is 7.10. The molecule has 1 aromatic carbocycles. The van der Waals surface area contributed by atoms with Crippen LogP contribution in [0.1, 0.15) is 36.4 Å². The average molecular weight is 353 g/mol. The Bertz CT molecular complexity index is 745. The van der Waals surface area contributed by atoms with Crippen molar-refractivity contribution in [2.75, 3.05) is 48.8 Å². The number of rotatable bonds is 6. The zero-order chi connectivity index (χ0) is 17.8. The van der Waals surface area contributed by atoms with E-state index in [0.717, 1.165) is 57.2 Å². The van der Waals surface area contributed by atoms with Crippen LogP contribution in [0.25, 0.3) is 0 Å². The summed E-state index contributed by atoms with van der Waals surface area (Å²) in [6.07, 6.45) is 4.49. The Morgan fingerprint density at radius 3 is 3.08 bits per heavy atom. The van der Waals surface area contributed by atoms with Gasteiger partial charge in [0.15, 0.2) is 0 Å². The summed E-state index contributed by atoms with van der Waals surface area (Å²) in [7, 11) is 0. The molecule has 4 rings (SSSR count). The lowest BCUT2D eigenvalue weighted by Crippen LogP contribution is -2.31. The molecule has 0 aliphatic carbocycles. The standard InChI is InChI=1S/C20H27N5O/c21-20-23-17(16-8-12-26-14-16)13-19(24-20)22-9-4-11-25-10-3-6-15-5-1-2-7-18(15)25/h1-2,5,7,13,16H,3-4,6,8-12,14H2,(H3,21,22,23,24). The van der Waals surface area contributed by atoms with Crippen LogP contribution in [0.4, 0.5) is 17.5 Å². The number of aryl methyl sites for hydroxylation is 1. The number of hydrogen-bond donors (Lipinski definition) is 2. The van der Waals surface area contributed by atoms with Gasteiger partial charge in [0.1, 0.15) is 5.82 Å². The zero-order valence-corrected chi connectivity index (χ0v) is 15.2. The third-order valence-electron chi connectivity index (χ3n) is 5.23. The van der Waals surface area contributed by atoms with E-state index in [9.17, 15) is 0 Å². The SMILES string of the molecule is Nc1nc(NCCCN2CCCc3ccccc32)cc(C2CCOC2)n1. The average Bonchev–Trinajstić information content (AvgIpc) is 3.20. The summed E-state index contributed by atoms with van der Waals surface area (Å²) < 4.78 is 5.46. The monoisotopic (exact) mass is 353 g/mol. The Kier molecular flexibility index (Phi) is 5.20. The maximum Gasteiger partial charge on any atom is 0.222 e. The minimum atomic E-state index is 0.335. The van der Waals surface area contributed by atoms with Crippen LogP contribution in [0.15, 0.2) is 30.3 Å². The number of anilines is 3. The summed E-state index contributed by atoms with van der Waals surface area (Å²) in [6.45, 7) is 4.59. The predicted molar refractivity (Wildman–Crippen MR) is 105 cm³/mol. The number of nitrogens with one attached hydrogen (secondary N) is 1. The molecule has 6 heteroatoms. The Balaban J connectivity index is 1.31. The van der Waals surface area contributed by atoms with E-state index in [2.05, 4.69) is 44.5 Å². The van der Waals surface area contributed by atoms with Gasteiger partial charge in [0.25, 0.3) is 0 Å². The minimum Gasteiger partial charge on any atom is -0.381 e. The molecule has 0 radical (unpaired) electrons. The molecule has 1 saturated heterocycles. The number of hydrogen-bond acceptors (Lipinski definition) is 6. The predicted octanol–water partition coefficient (Wildman–Crippen LogP) is 2.82. The van der Waals surface area contributed by atoms with Crippen LogP contribution in [-0.2, 0) is 11.2 Å². The number of fused-ring (bicyclic) bond motifs is 1. The largest absolute Gasteiger partial charge is 0.381 e. The molecule has 6 nitrogen and oxygen atoms in total. The molecular formula is C20H27N5O. The molecule has 2 aliphatic rings. The first-order valence-corrected chi connectivity index (χ1v) is 9.58. The van der Waals surface area contributed by atoms with Gasteiger partial charge in [-0.05, 0) is 37.3 Å². The molecular weight excluding hydrogens is 326 g/mol. The molecule has 0 amide bonds. The summed E-state index contributed by atoms with van der Waals surface area (Å²) in [5.74, 6) is 1.49. The fourth-order valence-corrected chi connectivity index (χ4v) is 3.88. The van der Waals surface area contributed by atoms with Crippen LogP contribution >= 0.6 is 0 Å². The first-order valence-electron chi connectivity index (χ1n) is 9.58. The van der Waals surface area contributed by atoms with Crippen LogP contribution in [0.2, 0.25) is 0 Å². The molecule has 2 aliphatic heterocycles. The van der Waals surface area contributed by atoms with Gasteiger partial charge in [0, 0.05) is 43.9 Å². The van der Waals surface area contributed by atoms with Crippen molar-refractivity contribution in [1.82, 2.24) is 9.97 Å². The second kappa shape index (κ2) is 7.91. The van der Waals surface area contributed by atoms with Crippen molar-refractivity contribution in [3.8, 4) is 0 Å². The van der Waals surface area contributed by atoms with Gasteiger partial charge < -0.3 is 20.7 Å². The minimum absolute atomic E-state index is 0.335. The van der Waals surface area contributed by atoms with Crippen molar-refractivity contribution in [2.24, 2.45) is 0 Å². The fraction of sp³-hybridized carbons (Fsp3) is 0.500. The Morgan fingerprint density at radius 2 is 2.19 bits per heavy atom. The van der Waals surface area contributed by atoms with Gasteiger partial charge in [-0.25, -0.2) is 4.98 Å². The smallest absolute Gasteiger partial charge is 0.222 e. The maximum absolute atomic E-state index is 5.89. The van der Waals surface area contributed by atoms with E-state index in [4.69, 9.17) is 10.5 Å². The van der Waals surface area contributed by atoms with Crippen molar-refractivity contribution in [1.29, 1.82) is 0 Å². The van der Waals surface area contributed by atoms with Gasteiger partial charge in [0.05, 0.1) is 12.3 Å². The summed E-state index contributed by atoms with van der Waals surface area (Å²) in [5, 5.41) is 3.41. The lowest BCUT2D eigenvalue weighted by molar-refractivity contribution is 0.193. The van der Waals surface area contributed by atoms with Crippen molar-refractivity contribution >= 4 is 17.5 Å². The number of para-hydroxylation sites is 1. The summed E-state index contributed by atoms with van der Waals surface area (Å²) in [5.41, 5.74) is 9.75. The Morgan fingerprint density at radius 1 is 1.27 bits per heavy atom. The molecule has 3 N–H and O–H groups in total. The Hall–Kier alpha value is -2.34. The normalized spacial score (nSPS) is 19.4. The molecule has 0 bridgehead atoms. The van der Waals surface area contributed by atoms with E-state index in [1.54, 1.807) is 0 Å². The van der Waals surface area contributed by atoms with Crippen molar-refractivity contribution in [3.63, 3.8) is 0 Å². The zero-order valence-electron chi connectivity index (χ0n) is 15.2. The number of nitrogen functional groups attached to an aromatic ring is 1. The van der Waals surface area contributed by atoms with E-state index in [1.807, 2.05) is 6.07 Å². The molecule has 26 heavy (non-hydrogen) atoms. The van der Waals surface area contributed by atoms with Crippen molar-refractivity contribution < 1.29 is 4.74 Å². The van der Waals surface area contributed by atoms with Crippen molar-refractivity contribution in [3.05, 3.63) is 41.6 Å².